The Balaban J connectivity index is 2.42. The molecule has 0 radical (unpaired) electrons. The molecule has 0 spiro atoms. The Labute approximate surface area is 133 Å². The molecule has 1 fully saturated rings. The summed E-state index contributed by atoms with van der Waals surface area (Å²) in [6.07, 6.45) is 1.03. The third-order valence-corrected chi connectivity index (χ3v) is 7.84. The van der Waals surface area contributed by atoms with Crippen molar-refractivity contribution in [3.05, 3.63) is 29.3 Å². The van der Waals surface area contributed by atoms with Gasteiger partial charge in [-0.1, -0.05) is 24.6 Å². The second kappa shape index (κ2) is 6.29. The fourth-order valence-electron chi connectivity index (χ4n) is 2.94. The normalized spacial score (nSPS) is 21.4. The Morgan fingerprint density at radius 2 is 1.95 bits per heavy atom. The SMILES string of the molecule is CCCN([C@H]1CCS(=O)(=O)C1)S(=O)(=O)c1ccc(C)cc1C. The fraction of sp³-hybridized carbons (Fsp3) is 0.600. The number of aryl methyl sites for hydroxylation is 2. The number of sulfonamides is 1. The lowest BCUT2D eigenvalue weighted by molar-refractivity contribution is 0.340. The average molecular weight is 345 g/mol. The number of hydrogen-bond acceptors (Lipinski definition) is 4. The van der Waals surface area contributed by atoms with Crippen LogP contribution in [0.15, 0.2) is 23.1 Å². The van der Waals surface area contributed by atoms with Crippen molar-refractivity contribution in [2.24, 2.45) is 0 Å². The van der Waals surface area contributed by atoms with Crippen LogP contribution in [0.1, 0.15) is 30.9 Å². The monoisotopic (exact) mass is 345 g/mol. The molecule has 0 aromatic heterocycles. The van der Waals surface area contributed by atoms with Crippen molar-refractivity contribution in [1.82, 2.24) is 4.31 Å². The molecule has 1 aromatic rings. The highest BCUT2D eigenvalue weighted by Crippen LogP contribution is 2.27. The topological polar surface area (TPSA) is 71.5 Å². The molecule has 1 saturated heterocycles. The van der Waals surface area contributed by atoms with Crippen LogP contribution < -0.4 is 0 Å². The number of sulfone groups is 1. The van der Waals surface area contributed by atoms with E-state index < -0.39 is 25.9 Å². The Kier molecular flexibility index (Phi) is 4.99. The highest BCUT2D eigenvalue weighted by molar-refractivity contribution is 7.92. The van der Waals surface area contributed by atoms with Gasteiger partial charge in [-0.25, -0.2) is 16.8 Å². The standard InChI is InChI=1S/C15H23NO4S2/c1-4-8-16(14-7-9-21(17,18)11-14)22(19,20)15-6-5-12(2)10-13(15)3/h5-6,10,14H,4,7-9,11H2,1-3H3/t14-/m0/s1. The van der Waals surface area contributed by atoms with E-state index in [1.54, 1.807) is 19.1 Å². The average Bonchev–Trinajstić information content (AvgIpc) is 2.75. The van der Waals surface area contributed by atoms with E-state index in [9.17, 15) is 16.8 Å². The molecular formula is C15H23NO4S2. The summed E-state index contributed by atoms with van der Waals surface area (Å²) in [6.45, 7) is 5.93. The second-order valence-electron chi connectivity index (χ2n) is 5.94. The Morgan fingerprint density at radius 3 is 2.45 bits per heavy atom. The zero-order valence-corrected chi connectivity index (χ0v) is 14.9. The molecule has 1 heterocycles. The van der Waals surface area contributed by atoms with Gasteiger partial charge < -0.3 is 0 Å². The molecule has 0 aliphatic carbocycles. The highest BCUT2D eigenvalue weighted by Gasteiger charge is 2.38. The van der Waals surface area contributed by atoms with Crippen LogP contribution in [-0.2, 0) is 19.9 Å². The molecule has 1 atom stereocenters. The van der Waals surface area contributed by atoms with Crippen molar-refractivity contribution < 1.29 is 16.8 Å². The predicted molar refractivity (Wildman–Crippen MR) is 87.2 cm³/mol. The van der Waals surface area contributed by atoms with E-state index in [-0.39, 0.29) is 16.4 Å². The minimum absolute atomic E-state index is 0.0697. The lowest BCUT2D eigenvalue weighted by atomic mass is 10.2. The lowest BCUT2D eigenvalue weighted by Gasteiger charge is -2.27. The quantitative estimate of drug-likeness (QED) is 0.817. The number of hydrogen-bond donors (Lipinski definition) is 0. The van der Waals surface area contributed by atoms with Crippen molar-refractivity contribution in [3.8, 4) is 0 Å². The van der Waals surface area contributed by atoms with Crippen LogP contribution >= 0.6 is 0 Å². The molecule has 1 aliphatic rings. The third kappa shape index (κ3) is 3.52. The van der Waals surface area contributed by atoms with Gasteiger partial charge in [0.05, 0.1) is 16.4 Å². The largest absolute Gasteiger partial charge is 0.243 e. The van der Waals surface area contributed by atoms with E-state index in [1.165, 1.54) is 4.31 Å². The first kappa shape index (κ1) is 17.4. The zero-order valence-electron chi connectivity index (χ0n) is 13.2. The summed E-state index contributed by atoms with van der Waals surface area (Å²) in [5, 5.41) is 0. The maximum Gasteiger partial charge on any atom is 0.243 e. The van der Waals surface area contributed by atoms with Crippen LogP contribution in [0.25, 0.3) is 0 Å². The van der Waals surface area contributed by atoms with Gasteiger partial charge in [-0.15, -0.1) is 0 Å². The highest BCUT2D eigenvalue weighted by atomic mass is 32.2. The first-order valence-electron chi connectivity index (χ1n) is 7.47. The summed E-state index contributed by atoms with van der Waals surface area (Å²) in [6, 6.07) is 4.78. The zero-order chi connectivity index (χ0) is 16.5. The van der Waals surface area contributed by atoms with Crippen LogP contribution in [0.4, 0.5) is 0 Å². The van der Waals surface area contributed by atoms with E-state index in [4.69, 9.17) is 0 Å². The molecule has 0 amide bonds. The summed E-state index contributed by atoms with van der Waals surface area (Å²) in [5.74, 6) is -0.00256. The molecule has 0 bridgehead atoms. The molecular weight excluding hydrogens is 322 g/mol. The maximum absolute atomic E-state index is 13.0. The Bertz CT molecular complexity index is 754. The number of rotatable bonds is 5. The smallest absolute Gasteiger partial charge is 0.229 e. The van der Waals surface area contributed by atoms with Gasteiger partial charge in [0.1, 0.15) is 0 Å². The first-order chi connectivity index (χ1) is 10.2. The molecule has 5 nitrogen and oxygen atoms in total. The van der Waals surface area contributed by atoms with E-state index in [0.29, 0.717) is 24.9 Å². The van der Waals surface area contributed by atoms with Crippen LogP contribution in [0.5, 0.6) is 0 Å². The molecule has 2 rings (SSSR count). The summed E-state index contributed by atoms with van der Waals surface area (Å²) < 4.78 is 50.8. The van der Waals surface area contributed by atoms with Gasteiger partial charge in [-0.05, 0) is 38.3 Å². The van der Waals surface area contributed by atoms with Gasteiger partial charge in [0.15, 0.2) is 9.84 Å². The van der Waals surface area contributed by atoms with Crippen molar-refractivity contribution in [1.29, 1.82) is 0 Å². The van der Waals surface area contributed by atoms with Crippen LogP contribution in [0.3, 0.4) is 0 Å². The van der Waals surface area contributed by atoms with Crippen LogP contribution in [-0.4, -0.2) is 45.2 Å². The Morgan fingerprint density at radius 1 is 1.27 bits per heavy atom. The number of benzene rings is 1. The van der Waals surface area contributed by atoms with Crippen molar-refractivity contribution in [3.63, 3.8) is 0 Å². The minimum atomic E-state index is -3.68. The van der Waals surface area contributed by atoms with E-state index in [2.05, 4.69) is 0 Å². The van der Waals surface area contributed by atoms with Crippen molar-refractivity contribution in [2.75, 3.05) is 18.1 Å². The molecule has 1 aromatic carbocycles. The molecule has 0 N–H and O–H groups in total. The summed E-state index contributed by atoms with van der Waals surface area (Å²) in [5.41, 5.74) is 1.70. The minimum Gasteiger partial charge on any atom is -0.229 e. The van der Waals surface area contributed by atoms with Gasteiger partial charge in [0.25, 0.3) is 0 Å². The predicted octanol–water partition coefficient (Wildman–Crippen LogP) is 1.89. The molecule has 124 valence electrons. The summed E-state index contributed by atoms with van der Waals surface area (Å²) in [4.78, 5) is 0.274. The fourth-order valence-corrected chi connectivity index (χ4v) is 6.72. The summed E-state index contributed by atoms with van der Waals surface area (Å²) >= 11 is 0. The number of nitrogens with zero attached hydrogens (tertiary/aromatic N) is 1. The first-order valence-corrected chi connectivity index (χ1v) is 10.7. The van der Waals surface area contributed by atoms with Crippen LogP contribution in [0.2, 0.25) is 0 Å². The van der Waals surface area contributed by atoms with Gasteiger partial charge in [0.2, 0.25) is 10.0 Å². The molecule has 1 aliphatic heterocycles. The molecule has 22 heavy (non-hydrogen) atoms. The van der Waals surface area contributed by atoms with Crippen molar-refractivity contribution in [2.45, 2.75) is 44.6 Å². The lowest BCUT2D eigenvalue weighted by Crippen LogP contribution is -2.41. The van der Waals surface area contributed by atoms with Gasteiger partial charge in [-0.2, -0.15) is 4.31 Å². The van der Waals surface area contributed by atoms with Crippen LogP contribution in [0, 0.1) is 13.8 Å². The van der Waals surface area contributed by atoms with Gasteiger partial charge in [0, 0.05) is 12.6 Å². The van der Waals surface area contributed by atoms with E-state index >= 15 is 0 Å². The van der Waals surface area contributed by atoms with E-state index in [0.717, 1.165) is 5.56 Å². The third-order valence-electron chi connectivity index (χ3n) is 3.98. The molecule has 7 heteroatoms. The van der Waals surface area contributed by atoms with E-state index in [1.807, 2.05) is 19.9 Å². The second-order valence-corrected chi connectivity index (χ2v) is 10.0. The van der Waals surface area contributed by atoms with Crippen molar-refractivity contribution >= 4 is 19.9 Å². The Hall–Kier alpha value is -0.920. The molecule has 0 saturated carbocycles. The van der Waals surface area contributed by atoms with Gasteiger partial charge >= 0.3 is 0 Å². The summed E-state index contributed by atoms with van der Waals surface area (Å²) in [7, 11) is -6.80. The van der Waals surface area contributed by atoms with Gasteiger partial charge in [-0.3, -0.25) is 0 Å². The molecule has 0 unspecified atom stereocenters. The maximum atomic E-state index is 13.0.